The van der Waals surface area contributed by atoms with Crippen LogP contribution in [0.5, 0.6) is 0 Å². The molecular weight excluding hydrogens is 331 g/mol. The van der Waals surface area contributed by atoms with E-state index in [1.165, 1.54) is 5.56 Å². The van der Waals surface area contributed by atoms with Gasteiger partial charge in [-0.15, -0.1) is 0 Å². The molecule has 0 aliphatic carbocycles. The maximum absolute atomic E-state index is 14.7. The second-order valence-electron chi connectivity index (χ2n) is 6.70. The zero-order valence-corrected chi connectivity index (χ0v) is 14.3. The number of imide groups is 1. The highest BCUT2D eigenvalue weighted by molar-refractivity contribution is 6.21. The van der Waals surface area contributed by atoms with Gasteiger partial charge in [0, 0.05) is 19.6 Å². The molecule has 0 radical (unpaired) electrons. The Morgan fingerprint density at radius 2 is 1.54 bits per heavy atom. The molecule has 0 N–H and O–H groups in total. The normalized spacial score (nSPS) is 19.2. The predicted molar refractivity (Wildman–Crippen MR) is 96.3 cm³/mol. The van der Waals surface area contributed by atoms with Gasteiger partial charge in [-0.2, -0.15) is 0 Å². The van der Waals surface area contributed by atoms with E-state index in [2.05, 4.69) is 17.0 Å². The van der Waals surface area contributed by atoms with Crippen LogP contribution in [-0.4, -0.2) is 41.2 Å². The minimum Gasteiger partial charge on any atom is -0.295 e. The van der Waals surface area contributed by atoms with Gasteiger partial charge in [0.2, 0.25) is 0 Å². The van der Waals surface area contributed by atoms with Gasteiger partial charge in [0.15, 0.2) is 0 Å². The first kappa shape index (κ1) is 16.7. The average Bonchev–Trinajstić information content (AvgIpc) is 3.22. The van der Waals surface area contributed by atoms with Crippen molar-refractivity contribution in [2.24, 2.45) is 0 Å². The number of carbonyl (C=O) groups excluding carboxylic acids is 2. The van der Waals surface area contributed by atoms with Gasteiger partial charge in [-0.05, 0) is 29.7 Å². The molecule has 1 saturated heterocycles. The molecule has 0 bridgehead atoms. The first-order valence-corrected chi connectivity index (χ1v) is 8.71. The molecule has 0 saturated carbocycles. The van der Waals surface area contributed by atoms with Crippen molar-refractivity contribution in [2.45, 2.75) is 13.0 Å². The van der Waals surface area contributed by atoms with Crippen LogP contribution in [0.3, 0.4) is 0 Å². The van der Waals surface area contributed by atoms with E-state index in [9.17, 15) is 14.0 Å². The van der Waals surface area contributed by atoms with E-state index < -0.39 is 11.8 Å². The van der Waals surface area contributed by atoms with Crippen LogP contribution in [0.25, 0.3) is 0 Å². The Morgan fingerprint density at radius 3 is 2.19 bits per heavy atom. The third kappa shape index (κ3) is 3.06. The second-order valence-corrected chi connectivity index (χ2v) is 6.70. The van der Waals surface area contributed by atoms with Crippen LogP contribution < -0.4 is 0 Å². The molecule has 0 spiro atoms. The number of likely N-dealkylation sites (tertiary alicyclic amines) is 1. The molecule has 2 aromatic carbocycles. The smallest absolute Gasteiger partial charge is 0.261 e. The fourth-order valence-corrected chi connectivity index (χ4v) is 3.55. The molecule has 5 heteroatoms. The first-order valence-electron chi connectivity index (χ1n) is 8.71. The van der Waals surface area contributed by atoms with E-state index in [0.717, 1.165) is 18.0 Å². The number of benzene rings is 2. The molecular formula is C21H19FN2O2. The monoisotopic (exact) mass is 350 g/mol. The molecule has 2 amide bonds. The summed E-state index contributed by atoms with van der Waals surface area (Å²) in [5.41, 5.74) is 2.58. The zero-order chi connectivity index (χ0) is 18.1. The van der Waals surface area contributed by atoms with Gasteiger partial charge >= 0.3 is 0 Å². The maximum Gasteiger partial charge on any atom is 0.261 e. The van der Waals surface area contributed by atoms with Crippen LogP contribution in [0.15, 0.2) is 66.0 Å². The van der Waals surface area contributed by atoms with Gasteiger partial charge in [-0.3, -0.25) is 19.4 Å². The van der Waals surface area contributed by atoms with E-state index in [1.807, 2.05) is 18.2 Å². The second kappa shape index (κ2) is 6.84. The summed E-state index contributed by atoms with van der Waals surface area (Å²) in [5.74, 6) is -1.20. The van der Waals surface area contributed by atoms with Gasteiger partial charge in [-0.25, -0.2) is 4.39 Å². The van der Waals surface area contributed by atoms with Crippen molar-refractivity contribution in [2.75, 3.05) is 19.6 Å². The van der Waals surface area contributed by atoms with E-state index in [1.54, 1.807) is 24.3 Å². The number of rotatable bonds is 4. The van der Waals surface area contributed by atoms with Gasteiger partial charge in [0.05, 0.1) is 17.7 Å². The Labute approximate surface area is 151 Å². The summed E-state index contributed by atoms with van der Waals surface area (Å²) in [6, 6.07) is 16.7. The van der Waals surface area contributed by atoms with Crippen LogP contribution in [0, 0.1) is 0 Å². The van der Waals surface area contributed by atoms with Crippen molar-refractivity contribution in [1.82, 2.24) is 9.80 Å². The first-order chi connectivity index (χ1) is 12.6. The van der Waals surface area contributed by atoms with Crippen molar-refractivity contribution in [3.05, 3.63) is 82.7 Å². The minimum absolute atomic E-state index is 0.277. The van der Waals surface area contributed by atoms with Gasteiger partial charge in [0.1, 0.15) is 5.83 Å². The number of hydrogen-bond acceptors (Lipinski definition) is 3. The van der Waals surface area contributed by atoms with Crippen LogP contribution >= 0.6 is 0 Å². The van der Waals surface area contributed by atoms with Crippen molar-refractivity contribution in [1.29, 1.82) is 0 Å². The molecule has 2 heterocycles. The quantitative estimate of drug-likeness (QED) is 0.794. The summed E-state index contributed by atoms with van der Waals surface area (Å²) in [4.78, 5) is 27.9. The van der Waals surface area contributed by atoms with Crippen molar-refractivity contribution < 1.29 is 14.0 Å². The SMILES string of the molecule is O=C1c2ccccc2C(=O)N1C/C(F)=C1\CCN(Cc2ccccc2)C1. The molecule has 2 aliphatic rings. The Morgan fingerprint density at radius 1 is 0.923 bits per heavy atom. The molecule has 2 aromatic rings. The summed E-state index contributed by atoms with van der Waals surface area (Å²) in [5, 5.41) is 0. The maximum atomic E-state index is 14.7. The van der Waals surface area contributed by atoms with Crippen LogP contribution in [0.4, 0.5) is 4.39 Å². The van der Waals surface area contributed by atoms with Gasteiger partial charge in [0.25, 0.3) is 11.8 Å². The topological polar surface area (TPSA) is 40.6 Å². The number of nitrogens with zero attached hydrogens (tertiary/aromatic N) is 2. The lowest BCUT2D eigenvalue weighted by Gasteiger charge is -2.15. The van der Waals surface area contributed by atoms with Crippen LogP contribution in [0.2, 0.25) is 0 Å². The molecule has 132 valence electrons. The summed E-state index contributed by atoms with van der Waals surface area (Å²) < 4.78 is 14.7. The van der Waals surface area contributed by atoms with Crippen LogP contribution in [0.1, 0.15) is 32.7 Å². The standard InChI is InChI=1S/C21H19FN2O2/c22-19(14-24-20(25)17-8-4-5-9-18(17)21(24)26)16-10-11-23(13-16)12-15-6-2-1-3-7-15/h1-9H,10-14H2/b19-16-. The van der Waals surface area contributed by atoms with Gasteiger partial charge < -0.3 is 0 Å². The number of fused-ring (bicyclic) bond motifs is 1. The van der Waals surface area contributed by atoms with Crippen molar-refractivity contribution >= 4 is 11.8 Å². The Balaban J connectivity index is 1.44. The molecule has 0 unspecified atom stereocenters. The van der Waals surface area contributed by atoms with Crippen LogP contribution in [-0.2, 0) is 6.54 Å². The molecule has 0 atom stereocenters. The van der Waals surface area contributed by atoms with Crippen molar-refractivity contribution in [3.63, 3.8) is 0 Å². The van der Waals surface area contributed by atoms with E-state index in [-0.39, 0.29) is 12.4 Å². The number of carbonyl (C=O) groups is 2. The summed E-state index contributed by atoms with van der Waals surface area (Å²) in [6.45, 7) is 1.80. The lowest BCUT2D eigenvalue weighted by atomic mass is 10.1. The van der Waals surface area contributed by atoms with Gasteiger partial charge in [-0.1, -0.05) is 42.5 Å². The van der Waals surface area contributed by atoms with E-state index in [0.29, 0.717) is 29.7 Å². The van der Waals surface area contributed by atoms with E-state index in [4.69, 9.17) is 0 Å². The Bertz CT molecular complexity index is 857. The van der Waals surface area contributed by atoms with Crippen molar-refractivity contribution in [3.8, 4) is 0 Å². The lowest BCUT2D eigenvalue weighted by Crippen LogP contribution is -2.31. The summed E-state index contributed by atoms with van der Waals surface area (Å²) >= 11 is 0. The fourth-order valence-electron chi connectivity index (χ4n) is 3.55. The lowest BCUT2D eigenvalue weighted by molar-refractivity contribution is 0.0659. The number of hydrogen-bond donors (Lipinski definition) is 0. The predicted octanol–water partition coefficient (Wildman–Crippen LogP) is 3.41. The molecule has 2 aliphatic heterocycles. The summed E-state index contributed by atoms with van der Waals surface area (Å²) in [6.07, 6.45) is 0.627. The Hall–Kier alpha value is -2.79. The minimum atomic E-state index is -0.416. The largest absolute Gasteiger partial charge is 0.295 e. The molecule has 0 aromatic heterocycles. The third-order valence-electron chi connectivity index (χ3n) is 4.95. The summed E-state index contributed by atoms with van der Waals surface area (Å²) in [7, 11) is 0. The highest BCUT2D eigenvalue weighted by atomic mass is 19.1. The molecule has 4 rings (SSSR count). The Kier molecular flexibility index (Phi) is 4.39. The highest BCUT2D eigenvalue weighted by Gasteiger charge is 2.36. The highest BCUT2D eigenvalue weighted by Crippen LogP contribution is 2.27. The third-order valence-corrected chi connectivity index (χ3v) is 4.95. The average molecular weight is 350 g/mol. The number of amides is 2. The molecule has 1 fully saturated rings. The zero-order valence-electron chi connectivity index (χ0n) is 14.3. The fraction of sp³-hybridized carbons (Fsp3) is 0.238. The molecule has 26 heavy (non-hydrogen) atoms. The molecule has 4 nitrogen and oxygen atoms in total. The van der Waals surface area contributed by atoms with E-state index >= 15 is 0 Å². The number of halogens is 1.